The summed E-state index contributed by atoms with van der Waals surface area (Å²) in [4.78, 5) is 15.3. The van der Waals surface area contributed by atoms with Gasteiger partial charge < -0.3 is 33.5 Å². The van der Waals surface area contributed by atoms with Crippen LogP contribution >= 0.6 is 0 Å². The van der Waals surface area contributed by atoms with E-state index in [1.54, 1.807) is 21.3 Å². The minimum absolute atomic E-state index is 0.0264. The standard InChI is InChI=1S/C27H41NO8/c1-7-28-12-23(3)9-8-18(32-5)25-16-10-15-17(31-4)11-24(19(16)20(15)33-6)26(21(25)28,35-13-34-24)22(27(23,25)30)36-14(2)29/h15-22,30H,7-13H2,1-6H3/t15-,16-,17+,18+,19-,20?,21?,22-,23+,24-,25?,26?,27+/m1/s1. The molecule has 1 N–H and O–H groups in total. The average molecular weight is 508 g/mol. The molecule has 13 atom stereocenters. The third-order valence-electron chi connectivity index (χ3n) is 12.3. The van der Waals surface area contributed by atoms with Gasteiger partial charge in [0, 0.05) is 58.5 Å². The van der Waals surface area contributed by atoms with Gasteiger partial charge in [0.1, 0.15) is 18.0 Å². The van der Waals surface area contributed by atoms with Crippen LogP contribution in [0.3, 0.4) is 0 Å². The van der Waals surface area contributed by atoms with Crippen molar-refractivity contribution in [3.63, 3.8) is 0 Å². The second-order valence-electron chi connectivity index (χ2n) is 12.8. The van der Waals surface area contributed by atoms with Crippen molar-refractivity contribution in [1.82, 2.24) is 4.90 Å². The van der Waals surface area contributed by atoms with Gasteiger partial charge in [0.15, 0.2) is 11.7 Å². The second-order valence-corrected chi connectivity index (χ2v) is 12.8. The van der Waals surface area contributed by atoms with Crippen LogP contribution in [0.15, 0.2) is 0 Å². The monoisotopic (exact) mass is 507 g/mol. The summed E-state index contributed by atoms with van der Waals surface area (Å²) < 4.78 is 38.7. The summed E-state index contributed by atoms with van der Waals surface area (Å²) in [5.74, 6) is -0.210. The van der Waals surface area contributed by atoms with E-state index in [4.69, 9.17) is 28.4 Å². The zero-order valence-electron chi connectivity index (χ0n) is 22.3. The van der Waals surface area contributed by atoms with E-state index in [1.165, 1.54) is 6.92 Å². The molecule has 0 aromatic heterocycles. The maximum absolute atomic E-state index is 13.4. The maximum Gasteiger partial charge on any atom is 0.303 e. The molecule has 2 saturated heterocycles. The largest absolute Gasteiger partial charge is 0.456 e. The number of likely N-dealkylation sites (N-methyl/N-ethyl adjacent to an activating group) is 1. The average Bonchev–Trinajstić information content (AvgIpc) is 3.42. The number of piperidine rings is 1. The predicted molar refractivity (Wildman–Crippen MR) is 126 cm³/mol. The summed E-state index contributed by atoms with van der Waals surface area (Å²) in [7, 11) is 5.31. The number of rotatable bonds is 5. The van der Waals surface area contributed by atoms with Gasteiger partial charge in [-0.05, 0) is 31.7 Å². The number of nitrogens with zero attached hydrogens (tertiary/aromatic N) is 1. The van der Waals surface area contributed by atoms with Crippen LogP contribution in [0.25, 0.3) is 0 Å². The van der Waals surface area contributed by atoms with Gasteiger partial charge in [-0.25, -0.2) is 0 Å². The quantitative estimate of drug-likeness (QED) is 0.553. The van der Waals surface area contributed by atoms with Crippen molar-refractivity contribution in [2.75, 3.05) is 41.2 Å². The first kappa shape index (κ1) is 24.2. The number of esters is 1. The van der Waals surface area contributed by atoms with Crippen LogP contribution in [-0.4, -0.2) is 104 Å². The second kappa shape index (κ2) is 7.23. The molecule has 0 aromatic carbocycles. The molecule has 7 rings (SSSR count). The minimum Gasteiger partial charge on any atom is -0.456 e. The van der Waals surface area contributed by atoms with Gasteiger partial charge in [0.2, 0.25) is 0 Å². The summed E-state index contributed by atoms with van der Waals surface area (Å²) in [6.07, 6.45) is 1.83. The van der Waals surface area contributed by atoms with Crippen molar-refractivity contribution in [3.05, 3.63) is 0 Å². The molecular formula is C27H41NO8. The van der Waals surface area contributed by atoms with Crippen LogP contribution in [0, 0.1) is 28.6 Å². The molecule has 9 heteroatoms. The number of ether oxygens (including phenoxy) is 6. The molecular weight excluding hydrogens is 466 g/mol. The third-order valence-corrected chi connectivity index (χ3v) is 12.3. The lowest BCUT2D eigenvalue weighted by atomic mass is 9.41. The van der Waals surface area contributed by atoms with Crippen molar-refractivity contribution < 1.29 is 38.3 Å². The Morgan fingerprint density at radius 1 is 1.17 bits per heavy atom. The molecule has 4 unspecified atom stereocenters. The van der Waals surface area contributed by atoms with E-state index in [-0.39, 0.29) is 48.9 Å². The van der Waals surface area contributed by atoms with Gasteiger partial charge >= 0.3 is 5.97 Å². The Labute approximate surface area is 213 Å². The number of aliphatic hydroxyl groups is 1. The Kier molecular flexibility index (Phi) is 4.87. The van der Waals surface area contributed by atoms with Crippen molar-refractivity contribution in [2.24, 2.45) is 28.6 Å². The molecule has 5 aliphatic carbocycles. The van der Waals surface area contributed by atoms with E-state index < -0.39 is 39.7 Å². The van der Waals surface area contributed by atoms with Gasteiger partial charge in [0.05, 0.1) is 29.8 Å². The Balaban J connectivity index is 1.61. The van der Waals surface area contributed by atoms with Crippen molar-refractivity contribution in [3.8, 4) is 0 Å². The Morgan fingerprint density at radius 2 is 1.94 bits per heavy atom. The first-order chi connectivity index (χ1) is 17.2. The number of carbonyl (C=O) groups excluding carboxylic acids is 1. The fourth-order valence-corrected chi connectivity index (χ4v) is 11.7. The number of hydrogen-bond donors (Lipinski definition) is 1. The van der Waals surface area contributed by atoms with Gasteiger partial charge in [-0.2, -0.15) is 0 Å². The molecule has 2 heterocycles. The minimum atomic E-state index is -1.34. The molecule has 7 bridgehead atoms. The van der Waals surface area contributed by atoms with E-state index in [9.17, 15) is 9.90 Å². The van der Waals surface area contributed by atoms with Crippen molar-refractivity contribution in [2.45, 2.75) is 93.7 Å². The van der Waals surface area contributed by atoms with Crippen molar-refractivity contribution >= 4 is 5.97 Å². The molecule has 7 aliphatic rings. The lowest BCUT2D eigenvalue weighted by Crippen LogP contribution is -2.83. The number of carbonyl (C=O) groups is 1. The summed E-state index contributed by atoms with van der Waals surface area (Å²) in [5.41, 5.74) is -4.44. The predicted octanol–water partition coefficient (Wildman–Crippen LogP) is 1.35. The number of hydrogen-bond acceptors (Lipinski definition) is 9. The van der Waals surface area contributed by atoms with Crippen LogP contribution in [0.2, 0.25) is 0 Å². The summed E-state index contributed by atoms with van der Waals surface area (Å²) >= 11 is 0. The Hall–Kier alpha value is -0.810. The molecule has 0 radical (unpaired) electrons. The van der Waals surface area contributed by atoms with Crippen LogP contribution in [0.4, 0.5) is 0 Å². The molecule has 5 saturated carbocycles. The highest BCUT2D eigenvalue weighted by Gasteiger charge is 2.98. The number of fused-ring (bicyclic) bond motifs is 1. The van der Waals surface area contributed by atoms with Gasteiger partial charge in [-0.3, -0.25) is 9.69 Å². The van der Waals surface area contributed by atoms with E-state index in [0.717, 1.165) is 25.8 Å². The van der Waals surface area contributed by atoms with Crippen LogP contribution in [0.1, 0.15) is 46.5 Å². The Bertz CT molecular complexity index is 979. The summed E-state index contributed by atoms with van der Waals surface area (Å²) in [6.45, 7) is 7.39. The highest BCUT2D eigenvalue weighted by atomic mass is 16.7. The molecule has 0 aromatic rings. The maximum atomic E-state index is 13.4. The molecule has 36 heavy (non-hydrogen) atoms. The SMILES string of the molecule is CCN1C[C@]2(C)CC[C@H](OC)C34C1C1(OCO[C@@]15C[C@H](OC)[C@H]1C[C@@H]3[C@@H]5C1OC)[C@@H](OC(C)=O)[C@@]42O. The third kappa shape index (κ3) is 2.09. The molecule has 0 amide bonds. The lowest BCUT2D eigenvalue weighted by molar-refractivity contribution is -0.324. The Morgan fingerprint density at radius 3 is 2.58 bits per heavy atom. The van der Waals surface area contributed by atoms with E-state index >= 15 is 0 Å². The number of likely N-dealkylation sites (tertiary alicyclic amines) is 1. The highest BCUT2D eigenvalue weighted by Crippen LogP contribution is 2.83. The molecule has 7 fully saturated rings. The van der Waals surface area contributed by atoms with Gasteiger partial charge in [0.25, 0.3) is 0 Å². The topological polar surface area (TPSA) is 95.9 Å². The van der Waals surface area contributed by atoms with Gasteiger partial charge in [-0.1, -0.05) is 13.8 Å². The number of methoxy groups -OCH3 is 3. The summed E-state index contributed by atoms with van der Waals surface area (Å²) in [6, 6.07) is -0.224. The van der Waals surface area contributed by atoms with Crippen LogP contribution in [-0.2, 0) is 33.2 Å². The zero-order chi connectivity index (χ0) is 25.5. The first-order valence-electron chi connectivity index (χ1n) is 13.7. The van der Waals surface area contributed by atoms with Crippen LogP contribution in [0.5, 0.6) is 0 Å². The molecule has 9 nitrogen and oxygen atoms in total. The van der Waals surface area contributed by atoms with Crippen molar-refractivity contribution in [1.29, 1.82) is 0 Å². The normalized spacial score (nSPS) is 60.2. The highest BCUT2D eigenvalue weighted by molar-refractivity contribution is 5.67. The molecule has 3 spiro atoms. The first-order valence-corrected chi connectivity index (χ1v) is 13.7. The van der Waals surface area contributed by atoms with Crippen LogP contribution < -0.4 is 0 Å². The van der Waals surface area contributed by atoms with E-state index in [0.29, 0.717) is 13.0 Å². The smallest absolute Gasteiger partial charge is 0.303 e. The molecule has 2 aliphatic heterocycles. The zero-order valence-corrected chi connectivity index (χ0v) is 22.3. The van der Waals surface area contributed by atoms with Gasteiger partial charge in [-0.15, -0.1) is 0 Å². The van der Waals surface area contributed by atoms with E-state index in [2.05, 4.69) is 18.7 Å². The fourth-order valence-electron chi connectivity index (χ4n) is 11.7. The lowest BCUT2D eigenvalue weighted by Gasteiger charge is -2.71. The fraction of sp³-hybridized carbons (Fsp3) is 0.963. The molecule has 202 valence electrons. The van der Waals surface area contributed by atoms with E-state index in [1.807, 2.05) is 0 Å². The summed E-state index contributed by atoms with van der Waals surface area (Å²) in [5, 5.41) is 13.4.